The van der Waals surface area contributed by atoms with E-state index in [1.165, 1.54) is 0 Å². The molecule has 2 heterocycles. The van der Waals surface area contributed by atoms with Crippen LogP contribution >= 0.6 is 0 Å². The molecule has 2 aliphatic heterocycles. The molecular weight excluding hydrogens is 244 g/mol. The molecule has 0 aliphatic carbocycles. The lowest BCUT2D eigenvalue weighted by molar-refractivity contribution is -0.141. The molecule has 0 aromatic rings. The van der Waals surface area contributed by atoms with Crippen molar-refractivity contribution >= 4 is 5.91 Å². The molecule has 1 N–H and O–H groups in total. The molecule has 0 aromatic carbocycles. The Morgan fingerprint density at radius 3 is 2.37 bits per heavy atom. The van der Waals surface area contributed by atoms with Gasteiger partial charge in [-0.15, -0.1) is 0 Å². The lowest BCUT2D eigenvalue weighted by Crippen LogP contribution is -2.43. The number of rotatable bonds is 5. The summed E-state index contributed by atoms with van der Waals surface area (Å²) >= 11 is 0. The molecule has 0 spiro atoms. The van der Waals surface area contributed by atoms with Crippen molar-refractivity contribution in [1.29, 1.82) is 0 Å². The van der Waals surface area contributed by atoms with Crippen LogP contribution in [0.5, 0.6) is 0 Å². The molecule has 0 bridgehead atoms. The average Bonchev–Trinajstić information content (AvgIpc) is 2.47. The van der Waals surface area contributed by atoms with Gasteiger partial charge in [0.2, 0.25) is 5.91 Å². The molecule has 2 saturated heterocycles. The molecule has 0 saturated carbocycles. The highest BCUT2D eigenvalue weighted by molar-refractivity contribution is 5.77. The molecule has 2 aliphatic rings. The van der Waals surface area contributed by atoms with Crippen LogP contribution in [0.3, 0.4) is 0 Å². The van der Waals surface area contributed by atoms with E-state index in [0.29, 0.717) is 6.10 Å². The van der Waals surface area contributed by atoms with Crippen molar-refractivity contribution in [2.75, 3.05) is 39.4 Å². The zero-order valence-corrected chi connectivity index (χ0v) is 11.9. The average molecular weight is 270 g/mol. The van der Waals surface area contributed by atoms with Crippen LogP contribution < -0.4 is 5.32 Å². The minimum atomic E-state index is 0.133. The van der Waals surface area contributed by atoms with E-state index >= 15 is 0 Å². The highest BCUT2D eigenvalue weighted by Gasteiger charge is 2.24. The van der Waals surface area contributed by atoms with Gasteiger partial charge in [-0.25, -0.2) is 0 Å². The van der Waals surface area contributed by atoms with Crippen molar-refractivity contribution in [3.8, 4) is 0 Å². The van der Waals surface area contributed by atoms with E-state index < -0.39 is 0 Å². The monoisotopic (exact) mass is 270 g/mol. The van der Waals surface area contributed by atoms with Crippen LogP contribution in [0.4, 0.5) is 0 Å². The van der Waals surface area contributed by atoms with Gasteiger partial charge in [-0.05, 0) is 45.7 Å². The lowest BCUT2D eigenvalue weighted by atomic mass is 10.1. The van der Waals surface area contributed by atoms with Crippen LogP contribution in [0.25, 0.3) is 0 Å². The first kappa shape index (κ1) is 14.8. The van der Waals surface area contributed by atoms with E-state index in [1.54, 1.807) is 0 Å². The lowest BCUT2D eigenvalue weighted by Gasteiger charge is -2.32. The van der Waals surface area contributed by atoms with Crippen LogP contribution in [-0.2, 0) is 14.3 Å². The van der Waals surface area contributed by atoms with Crippen molar-refractivity contribution in [2.24, 2.45) is 0 Å². The summed E-state index contributed by atoms with van der Waals surface area (Å²) in [5, 5.41) is 3.29. The van der Waals surface area contributed by atoms with Crippen molar-refractivity contribution in [3.05, 3.63) is 0 Å². The molecule has 110 valence electrons. The Morgan fingerprint density at radius 2 is 1.74 bits per heavy atom. The number of ether oxygens (including phenoxy) is 2. The van der Waals surface area contributed by atoms with E-state index in [1.807, 2.05) is 11.8 Å². The Kier molecular flexibility index (Phi) is 6.07. The summed E-state index contributed by atoms with van der Waals surface area (Å²) in [5.74, 6) is 0.133. The van der Waals surface area contributed by atoms with Crippen molar-refractivity contribution in [3.63, 3.8) is 0 Å². The van der Waals surface area contributed by atoms with Crippen LogP contribution in [0.2, 0.25) is 0 Å². The summed E-state index contributed by atoms with van der Waals surface area (Å²) in [6.45, 7) is 6.63. The molecule has 0 atom stereocenters. The van der Waals surface area contributed by atoms with Gasteiger partial charge in [-0.1, -0.05) is 0 Å². The number of hydrogen-bond donors (Lipinski definition) is 1. The largest absolute Gasteiger partial charge is 0.378 e. The predicted molar refractivity (Wildman–Crippen MR) is 73.1 cm³/mol. The first-order valence-corrected chi connectivity index (χ1v) is 7.51. The normalized spacial score (nSPS) is 22.7. The van der Waals surface area contributed by atoms with Gasteiger partial charge in [0.05, 0.1) is 12.2 Å². The molecule has 1 amide bonds. The van der Waals surface area contributed by atoms with Gasteiger partial charge < -0.3 is 19.7 Å². The number of amides is 1. The van der Waals surface area contributed by atoms with E-state index in [-0.39, 0.29) is 18.6 Å². The highest BCUT2D eigenvalue weighted by Crippen LogP contribution is 2.14. The number of carbonyl (C=O) groups is 1. The fourth-order valence-electron chi connectivity index (χ4n) is 2.75. The van der Waals surface area contributed by atoms with Gasteiger partial charge in [0.25, 0.3) is 0 Å². The minimum Gasteiger partial charge on any atom is -0.378 e. The summed E-state index contributed by atoms with van der Waals surface area (Å²) in [6.07, 6.45) is 4.52. The summed E-state index contributed by atoms with van der Waals surface area (Å²) in [7, 11) is 0. The van der Waals surface area contributed by atoms with E-state index in [9.17, 15) is 4.79 Å². The zero-order valence-electron chi connectivity index (χ0n) is 11.9. The van der Waals surface area contributed by atoms with Gasteiger partial charge in [-0.3, -0.25) is 4.79 Å². The summed E-state index contributed by atoms with van der Waals surface area (Å²) in [4.78, 5) is 14.0. The third-order valence-corrected chi connectivity index (χ3v) is 3.93. The van der Waals surface area contributed by atoms with Crippen LogP contribution in [0.15, 0.2) is 0 Å². The van der Waals surface area contributed by atoms with Crippen LogP contribution in [-0.4, -0.2) is 62.4 Å². The SMILES string of the molecule is CCOC1CCN(C(=O)COC2CCNCC2)CC1. The van der Waals surface area contributed by atoms with Crippen molar-refractivity contribution < 1.29 is 14.3 Å². The van der Waals surface area contributed by atoms with Crippen molar-refractivity contribution in [2.45, 2.75) is 44.8 Å². The maximum absolute atomic E-state index is 12.0. The molecule has 0 unspecified atom stereocenters. The third kappa shape index (κ3) is 4.75. The van der Waals surface area contributed by atoms with Crippen LogP contribution in [0, 0.1) is 0 Å². The highest BCUT2D eigenvalue weighted by atomic mass is 16.5. The third-order valence-electron chi connectivity index (χ3n) is 3.93. The number of likely N-dealkylation sites (tertiary alicyclic amines) is 1. The summed E-state index contributed by atoms with van der Waals surface area (Å²) in [6, 6.07) is 0. The van der Waals surface area contributed by atoms with Crippen LogP contribution in [0.1, 0.15) is 32.6 Å². The summed E-state index contributed by atoms with van der Waals surface area (Å²) in [5.41, 5.74) is 0. The molecule has 2 fully saturated rings. The van der Waals surface area contributed by atoms with E-state index in [4.69, 9.17) is 9.47 Å². The first-order valence-electron chi connectivity index (χ1n) is 7.51. The molecule has 2 rings (SSSR count). The molecular formula is C14H26N2O3. The van der Waals surface area contributed by atoms with Crippen molar-refractivity contribution in [1.82, 2.24) is 10.2 Å². The Labute approximate surface area is 115 Å². The fraction of sp³-hybridized carbons (Fsp3) is 0.929. The maximum Gasteiger partial charge on any atom is 0.248 e. The quantitative estimate of drug-likeness (QED) is 0.802. The molecule has 0 aromatic heterocycles. The van der Waals surface area contributed by atoms with Gasteiger partial charge in [-0.2, -0.15) is 0 Å². The molecule has 0 radical (unpaired) electrons. The van der Waals surface area contributed by atoms with Gasteiger partial charge in [0.1, 0.15) is 6.61 Å². The zero-order chi connectivity index (χ0) is 13.5. The number of nitrogens with zero attached hydrogens (tertiary/aromatic N) is 1. The second kappa shape index (κ2) is 7.82. The number of nitrogens with one attached hydrogen (secondary N) is 1. The van der Waals surface area contributed by atoms with E-state index in [2.05, 4.69) is 5.32 Å². The van der Waals surface area contributed by atoms with E-state index in [0.717, 1.165) is 58.5 Å². The standard InChI is InChI=1S/C14H26N2O3/c1-2-18-13-5-9-16(10-6-13)14(17)11-19-12-3-7-15-8-4-12/h12-13,15H,2-11H2,1H3. The second-order valence-electron chi connectivity index (χ2n) is 5.30. The smallest absolute Gasteiger partial charge is 0.248 e. The number of carbonyl (C=O) groups excluding carboxylic acids is 1. The molecule has 19 heavy (non-hydrogen) atoms. The predicted octanol–water partition coefficient (Wildman–Crippen LogP) is 0.783. The fourth-order valence-corrected chi connectivity index (χ4v) is 2.75. The Balaban J connectivity index is 1.63. The maximum atomic E-state index is 12.0. The Bertz CT molecular complexity index is 272. The Hall–Kier alpha value is -0.650. The van der Waals surface area contributed by atoms with Gasteiger partial charge in [0.15, 0.2) is 0 Å². The number of piperidine rings is 2. The van der Waals surface area contributed by atoms with Gasteiger partial charge >= 0.3 is 0 Å². The molecule has 5 nitrogen and oxygen atoms in total. The topological polar surface area (TPSA) is 50.8 Å². The molecule has 5 heteroatoms. The van der Waals surface area contributed by atoms with Gasteiger partial charge in [0, 0.05) is 19.7 Å². The summed E-state index contributed by atoms with van der Waals surface area (Å²) < 4.78 is 11.3. The Morgan fingerprint density at radius 1 is 1.11 bits per heavy atom. The number of hydrogen-bond acceptors (Lipinski definition) is 4. The second-order valence-corrected chi connectivity index (χ2v) is 5.30. The minimum absolute atomic E-state index is 0.133. The first-order chi connectivity index (χ1) is 9.29.